The van der Waals surface area contributed by atoms with Crippen LogP contribution < -0.4 is 10.6 Å². The van der Waals surface area contributed by atoms with Crippen LogP contribution in [0.25, 0.3) is 11.1 Å². The van der Waals surface area contributed by atoms with Gasteiger partial charge >= 0.3 is 6.09 Å². The third kappa shape index (κ3) is 5.44. The fourth-order valence-corrected chi connectivity index (χ4v) is 6.45. The Hall–Kier alpha value is -3.26. The normalized spacial score (nSPS) is 22.8. The van der Waals surface area contributed by atoms with Gasteiger partial charge in [-0.05, 0) is 99.2 Å². The number of amides is 2. The van der Waals surface area contributed by atoms with Crippen LogP contribution in [0.1, 0.15) is 57.6 Å². The van der Waals surface area contributed by atoms with Crippen molar-refractivity contribution in [2.45, 2.75) is 77.0 Å². The van der Waals surface area contributed by atoms with Gasteiger partial charge in [-0.25, -0.2) is 9.18 Å². The Balaban J connectivity index is 1.28. The second kappa shape index (κ2) is 10.4. The number of likely N-dealkylation sites (N-methyl/N-ethyl adjacent to an activating group) is 1. The minimum Gasteiger partial charge on any atom is -0.444 e. The largest absolute Gasteiger partial charge is 0.444 e. The Kier molecular flexibility index (Phi) is 7.27. The van der Waals surface area contributed by atoms with Gasteiger partial charge in [-0.15, -0.1) is 0 Å². The van der Waals surface area contributed by atoms with Crippen LogP contribution in [-0.2, 0) is 27.2 Å². The number of fused-ring (bicyclic) bond motifs is 3. The molecule has 0 aromatic heterocycles. The predicted octanol–water partition coefficient (Wildman–Crippen LogP) is 4.88. The maximum absolute atomic E-state index is 15.3. The van der Waals surface area contributed by atoms with Crippen molar-refractivity contribution in [3.05, 3.63) is 53.3 Å². The Morgan fingerprint density at radius 3 is 2.54 bits per heavy atom. The number of likely N-dealkylation sites (tertiary alicyclic amines) is 1. The molecular formula is C31H38FN3O4. The SMILES string of the molecule is CN1C(=O)Cc2ccc(-c3ccc(C[C@@H](CN)CC(=O)[C@@H]4[C@H]5CC[C@H](C5)N4C(=O)OC(C)(C)C)c(F)c3)cc21. The summed E-state index contributed by atoms with van der Waals surface area (Å²) >= 11 is 0. The molecule has 1 saturated heterocycles. The summed E-state index contributed by atoms with van der Waals surface area (Å²) in [5.41, 5.74) is 9.31. The number of ether oxygens (including phenoxy) is 1. The molecule has 2 heterocycles. The summed E-state index contributed by atoms with van der Waals surface area (Å²) in [4.78, 5) is 41.8. The van der Waals surface area contributed by atoms with Gasteiger partial charge in [-0.1, -0.05) is 24.3 Å². The minimum absolute atomic E-state index is 0.0163. The number of halogens is 1. The number of nitrogens with two attached hydrogens (primary N) is 1. The van der Waals surface area contributed by atoms with E-state index in [-0.39, 0.29) is 48.4 Å². The van der Waals surface area contributed by atoms with Crippen molar-refractivity contribution >= 4 is 23.5 Å². The zero-order valence-corrected chi connectivity index (χ0v) is 23.2. The molecule has 7 nitrogen and oxygen atoms in total. The van der Waals surface area contributed by atoms with Crippen LogP contribution >= 0.6 is 0 Å². The van der Waals surface area contributed by atoms with E-state index >= 15 is 4.39 Å². The molecule has 39 heavy (non-hydrogen) atoms. The van der Waals surface area contributed by atoms with Gasteiger partial charge in [-0.3, -0.25) is 14.5 Å². The smallest absolute Gasteiger partial charge is 0.411 e. The molecule has 2 amide bonds. The Morgan fingerprint density at radius 1 is 1.13 bits per heavy atom. The number of piperidine rings is 1. The summed E-state index contributed by atoms with van der Waals surface area (Å²) in [6, 6.07) is 10.4. The van der Waals surface area contributed by atoms with E-state index in [1.54, 1.807) is 22.9 Å². The molecule has 3 aliphatic rings. The first-order valence-corrected chi connectivity index (χ1v) is 13.9. The first kappa shape index (κ1) is 27.3. The summed E-state index contributed by atoms with van der Waals surface area (Å²) in [5, 5.41) is 0. The van der Waals surface area contributed by atoms with Gasteiger partial charge in [0.05, 0.1) is 12.5 Å². The molecule has 2 aliphatic heterocycles. The van der Waals surface area contributed by atoms with E-state index in [1.165, 1.54) is 6.07 Å². The maximum atomic E-state index is 15.3. The Bertz CT molecular complexity index is 1300. The van der Waals surface area contributed by atoms with Crippen molar-refractivity contribution < 1.29 is 23.5 Å². The summed E-state index contributed by atoms with van der Waals surface area (Å²) in [7, 11) is 1.75. The fraction of sp³-hybridized carbons (Fsp3) is 0.516. The third-order valence-electron chi connectivity index (χ3n) is 8.40. The number of carbonyl (C=O) groups excluding carboxylic acids is 3. The van der Waals surface area contributed by atoms with Gasteiger partial charge < -0.3 is 15.4 Å². The highest BCUT2D eigenvalue weighted by Crippen LogP contribution is 2.44. The first-order chi connectivity index (χ1) is 18.4. The quantitative estimate of drug-likeness (QED) is 0.546. The fourth-order valence-electron chi connectivity index (χ4n) is 6.45. The Morgan fingerprint density at radius 2 is 1.85 bits per heavy atom. The van der Waals surface area contributed by atoms with E-state index in [9.17, 15) is 14.4 Å². The van der Waals surface area contributed by atoms with Crippen molar-refractivity contribution in [1.82, 2.24) is 4.90 Å². The lowest BCUT2D eigenvalue weighted by molar-refractivity contribution is -0.126. The first-order valence-electron chi connectivity index (χ1n) is 13.9. The number of anilines is 1. The van der Waals surface area contributed by atoms with Crippen LogP contribution in [0, 0.1) is 17.7 Å². The molecule has 0 radical (unpaired) electrons. The van der Waals surface area contributed by atoms with Crippen molar-refractivity contribution in [3.63, 3.8) is 0 Å². The molecule has 2 aromatic rings. The zero-order chi connectivity index (χ0) is 28.1. The van der Waals surface area contributed by atoms with Gasteiger partial charge in [0.25, 0.3) is 0 Å². The molecule has 0 spiro atoms. The number of benzene rings is 2. The van der Waals surface area contributed by atoms with Crippen LogP contribution in [0.5, 0.6) is 0 Å². The average molecular weight is 536 g/mol. The lowest BCUT2D eigenvalue weighted by Crippen LogP contribution is -2.51. The highest BCUT2D eigenvalue weighted by molar-refractivity contribution is 6.01. The van der Waals surface area contributed by atoms with Gasteiger partial charge in [0.2, 0.25) is 5.91 Å². The molecule has 2 N–H and O–H groups in total. The summed E-state index contributed by atoms with van der Waals surface area (Å²) in [6.45, 7) is 5.71. The summed E-state index contributed by atoms with van der Waals surface area (Å²) in [5.74, 6) is -0.412. The molecule has 1 saturated carbocycles. The average Bonchev–Trinajstić information content (AvgIpc) is 3.57. The third-order valence-corrected chi connectivity index (χ3v) is 8.40. The number of rotatable bonds is 7. The van der Waals surface area contributed by atoms with E-state index in [0.29, 0.717) is 18.4 Å². The number of hydrogen-bond acceptors (Lipinski definition) is 5. The van der Waals surface area contributed by atoms with Crippen molar-refractivity contribution in [2.24, 2.45) is 17.6 Å². The monoisotopic (exact) mass is 535 g/mol. The molecule has 8 heteroatoms. The van der Waals surface area contributed by atoms with Gasteiger partial charge in [0, 0.05) is 25.2 Å². The number of Topliss-reactive ketones (excluding diaryl/α,β-unsaturated/α-hetero) is 1. The standard InChI is InChI=1S/C31H38FN3O4/c1-31(2,3)39-30(38)35-24-10-9-23(13-24)29(35)27(36)12-18(17-33)11-21-7-5-19(14-25(21)32)20-6-8-22-16-28(37)34(4)26(22)15-20/h5-8,14-15,18,23-24,29H,9-13,16-17,33H2,1-4H3/t18-,23+,24-,29+/m1/s1. The number of ketones is 1. The summed E-state index contributed by atoms with van der Waals surface area (Å²) < 4.78 is 20.9. The van der Waals surface area contributed by atoms with Gasteiger partial charge in [0.1, 0.15) is 11.4 Å². The highest BCUT2D eigenvalue weighted by atomic mass is 19.1. The topological polar surface area (TPSA) is 92.9 Å². The van der Waals surface area contributed by atoms with Crippen LogP contribution in [0.2, 0.25) is 0 Å². The predicted molar refractivity (Wildman–Crippen MR) is 148 cm³/mol. The zero-order valence-electron chi connectivity index (χ0n) is 23.2. The Labute approximate surface area is 229 Å². The molecule has 4 atom stereocenters. The minimum atomic E-state index is -0.636. The highest BCUT2D eigenvalue weighted by Gasteiger charge is 2.52. The van der Waals surface area contributed by atoms with Crippen LogP contribution in [-0.4, -0.2) is 54.0 Å². The van der Waals surface area contributed by atoms with Crippen molar-refractivity contribution in [3.8, 4) is 11.1 Å². The lowest BCUT2D eigenvalue weighted by Gasteiger charge is -2.36. The number of nitrogens with zero attached hydrogens (tertiary/aromatic N) is 2. The molecule has 2 fully saturated rings. The van der Waals surface area contributed by atoms with Crippen LogP contribution in [0.15, 0.2) is 36.4 Å². The second-order valence-corrected chi connectivity index (χ2v) is 12.3. The van der Waals surface area contributed by atoms with Crippen molar-refractivity contribution in [2.75, 3.05) is 18.5 Å². The van der Waals surface area contributed by atoms with E-state index in [4.69, 9.17) is 10.5 Å². The van der Waals surface area contributed by atoms with E-state index in [0.717, 1.165) is 41.6 Å². The summed E-state index contributed by atoms with van der Waals surface area (Å²) in [6.07, 6.45) is 3.13. The van der Waals surface area contributed by atoms with Crippen LogP contribution in [0.3, 0.4) is 0 Å². The van der Waals surface area contributed by atoms with E-state index in [1.807, 2.05) is 45.0 Å². The molecule has 5 rings (SSSR count). The van der Waals surface area contributed by atoms with E-state index < -0.39 is 17.7 Å². The lowest BCUT2D eigenvalue weighted by atomic mass is 9.87. The molecule has 0 unspecified atom stereocenters. The van der Waals surface area contributed by atoms with Gasteiger partial charge in [0.15, 0.2) is 5.78 Å². The molecule has 1 aliphatic carbocycles. The second-order valence-electron chi connectivity index (χ2n) is 12.3. The number of carbonyl (C=O) groups is 3. The molecule has 208 valence electrons. The molecule has 2 bridgehead atoms. The maximum Gasteiger partial charge on any atom is 0.411 e. The molecular weight excluding hydrogens is 497 g/mol. The van der Waals surface area contributed by atoms with Gasteiger partial charge in [-0.2, -0.15) is 0 Å². The van der Waals surface area contributed by atoms with Crippen LogP contribution in [0.4, 0.5) is 14.9 Å². The number of hydrogen-bond donors (Lipinski definition) is 1. The molecule has 2 aromatic carbocycles. The van der Waals surface area contributed by atoms with Crippen molar-refractivity contribution in [1.29, 1.82) is 0 Å². The van der Waals surface area contributed by atoms with E-state index in [2.05, 4.69) is 0 Å².